The van der Waals surface area contributed by atoms with Crippen molar-refractivity contribution in [3.8, 4) is 5.75 Å². The van der Waals surface area contributed by atoms with Crippen molar-refractivity contribution >= 4 is 31.9 Å². The van der Waals surface area contributed by atoms with Crippen molar-refractivity contribution in [2.45, 2.75) is 30.7 Å². The van der Waals surface area contributed by atoms with Gasteiger partial charge in [0, 0.05) is 23.5 Å². The Morgan fingerprint density at radius 1 is 1.23 bits per heavy atom. The molecule has 1 N–H and O–H groups in total. The molecular weight excluding hydrogens is 475 g/mol. The van der Waals surface area contributed by atoms with Crippen LogP contribution in [-0.2, 0) is 14.8 Å². The Morgan fingerprint density at radius 3 is 2.57 bits per heavy atom. The molecule has 1 heterocycles. The fourth-order valence-corrected chi connectivity index (χ4v) is 5.59. The highest BCUT2D eigenvalue weighted by Gasteiger charge is 2.34. The molecule has 1 amide bonds. The van der Waals surface area contributed by atoms with E-state index in [1.165, 1.54) is 17.5 Å². The lowest BCUT2D eigenvalue weighted by Gasteiger charge is -2.31. The smallest absolute Gasteiger partial charge is 0.246 e. The normalized spacial score (nSPS) is 16.8. The summed E-state index contributed by atoms with van der Waals surface area (Å²) in [6.45, 7) is 2.28. The topological polar surface area (TPSA) is 75.7 Å². The molecule has 1 aliphatic heterocycles. The first-order valence-corrected chi connectivity index (χ1v) is 11.8. The molecule has 0 saturated carbocycles. The van der Waals surface area contributed by atoms with Crippen LogP contribution in [0.15, 0.2) is 51.8 Å². The van der Waals surface area contributed by atoms with Crippen LogP contribution in [0.4, 0.5) is 4.39 Å². The average molecular weight is 499 g/mol. The lowest BCUT2D eigenvalue weighted by Crippen LogP contribution is -2.43. The quantitative estimate of drug-likeness (QED) is 0.655. The van der Waals surface area contributed by atoms with Gasteiger partial charge in [-0.3, -0.25) is 4.79 Å². The van der Waals surface area contributed by atoms with E-state index in [4.69, 9.17) is 4.74 Å². The third-order valence-corrected chi connectivity index (χ3v) is 7.69. The van der Waals surface area contributed by atoms with Gasteiger partial charge in [0.25, 0.3) is 0 Å². The molecule has 1 atom stereocenters. The van der Waals surface area contributed by atoms with Crippen LogP contribution in [-0.4, -0.2) is 38.8 Å². The van der Waals surface area contributed by atoms with Crippen molar-refractivity contribution in [1.29, 1.82) is 0 Å². The Labute approximate surface area is 184 Å². The number of nitrogens with zero attached hydrogens (tertiary/aromatic N) is 1. The minimum atomic E-state index is -3.92. The maximum absolute atomic E-state index is 13.6. The molecule has 1 saturated heterocycles. The standard InChI is InChI=1S/C21H24BrFN2O4S/c1-14(16-4-3-5-17(22)12-16)24-21(26)15-8-10-25(11-9-15)30(27,28)20-13-18(23)6-7-19(20)29-2/h3-7,12-15H,8-11H2,1-2H3,(H,24,26)/t14-/m1/s1. The number of hydrogen-bond donors (Lipinski definition) is 1. The fraction of sp³-hybridized carbons (Fsp3) is 0.381. The molecule has 6 nitrogen and oxygen atoms in total. The fourth-order valence-electron chi connectivity index (χ4n) is 3.54. The Kier molecular flexibility index (Phi) is 7.15. The molecule has 1 aliphatic rings. The second-order valence-corrected chi connectivity index (χ2v) is 10.1. The summed E-state index contributed by atoms with van der Waals surface area (Å²) in [7, 11) is -2.57. The van der Waals surface area contributed by atoms with E-state index in [2.05, 4.69) is 21.2 Å². The first kappa shape index (κ1) is 22.7. The van der Waals surface area contributed by atoms with E-state index in [1.807, 2.05) is 31.2 Å². The molecule has 2 aromatic carbocycles. The maximum atomic E-state index is 13.6. The van der Waals surface area contributed by atoms with E-state index in [0.717, 1.165) is 22.2 Å². The number of hydrogen-bond acceptors (Lipinski definition) is 4. The lowest BCUT2D eigenvalue weighted by atomic mass is 9.96. The number of piperidine rings is 1. The summed E-state index contributed by atoms with van der Waals surface area (Å²) in [6, 6.07) is 11.0. The molecule has 30 heavy (non-hydrogen) atoms. The second-order valence-electron chi connectivity index (χ2n) is 7.26. The zero-order valence-corrected chi connectivity index (χ0v) is 19.2. The van der Waals surface area contributed by atoms with Gasteiger partial charge in [0.05, 0.1) is 13.2 Å². The number of ether oxygens (including phenoxy) is 1. The Bertz CT molecular complexity index is 1020. The summed E-state index contributed by atoms with van der Waals surface area (Å²) in [6.07, 6.45) is 0.793. The van der Waals surface area contributed by atoms with Crippen LogP contribution in [0.2, 0.25) is 0 Å². The monoisotopic (exact) mass is 498 g/mol. The molecule has 0 unspecified atom stereocenters. The third kappa shape index (κ3) is 5.01. The predicted octanol–water partition coefficient (Wildman–Crippen LogP) is 3.87. The van der Waals surface area contributed by atoms with Crippen molar-refractivity contribution in [2.24, 2.45) is 5.92 Å². The van der Waals surface area contributed by atoms with Gasteiger partial charge in [0.2, 0.25) is 15.9 Å². The van der Waals surface area contributed by atoms with Gasteiger partial charge in [-0.1, -0.05) is 28.1 Å². The summed E-state index contributed by atoms with van der Waals surface area (Å²) in [5, 5.41) is 3.01. The highest BCUT2D eigenvalue weighted by atomic mass is 79.9. The van der Waals surface area contributed by atoms with Crippen LogP contribution in [0.5, 0.6) is 5.75 Å². The summed E-state index contributed by atoms with van der Waals surface area (Å²) in [4.78, 5) is 12.5. The molecule has 9 heteroatoms. The Morgan fingerprint density at radius 2 is 1.93 bits per heavy atom. The number of rotatable bonds is 6. The third-order valence-electron chi connectivity index (χ3n) is 5.28. The zero-order valence-electron chi connectivity index (χ0n) is 16.8. The van der Waals surface area contributed by atoms with Crippen molar-refractivity contribution in [3.05, 3.63) is 58.3 Å². The summed E-state index contributed by atoms with van der Waals surface area (Å²) in [5.41, 5.74) is 0.982. The van der Waals surface area contributed by atoms with Gasteiger partial charge in [-0.2, -0.15) is 4.31 Å². The molecule has 0 bridgehead atoms. The highest BCUT2D eigenvalue weighted by Crippen LogP contribution is 2.30. The van der Waals surface area contributed by atoms with Crippen LogP contribution in [0.25, 0.3) is 0 Å². The molecule has 3 rings (SSSR count). The van der Waals surface area contributed by atoms with Gasteiger partial charge in [0.1, 0.15) is 16.5 Å². The molecule has 1 fully saturated rings. The van der Waals surface area contributed by atoms with E-state index in [9.17, 15) is 17.6 Å². The minimum absolute atomic E-state index is 0.0946. The minimum Gasteiger partial charge on any atom is -0.495 e. The number of nitrogens with one attached hydrogen (secondary N) is 1. The van der Waals surface area contributed by atoms with E-state index >= 15 is 0 Å². The zero-order chi connectivity index (χ0) is 21.9. The number of carbonyl (C=O) groups excluding carboxylic acids is 1. The van der Waals surface area contributed by atoms with Crippen molar-refractivity contribution in [2.75, 3.05) is 20.2 Å². The van der Waals surface area contributed by atoms with Crippen LogP contribution < -0.4 is 10.1 Å². The molecule has 162 valence electrons. The molecule has 0 spiro atoms. The largest absolute Gasteiger partial charge is 0.495 e. The number of halogens is 2. The van der Waals surface area contributed by atoms with Crippen LogP contribution in [0.3, 0.4) is 0 Å². The van der Waals surface area contributed by atoms with E-state index in [-0.39, 0.29) is 41.6 Å². The van der Waals surface area contributed by atoms with Crippen LogP contribution >= 0.6 is 15.9 Å². The molecule has 2 aromatic rings. The van der Waals surface area contributed by atoms with Crippen LogP contribution in [0.1, 0.15) is 31.4 Å². The van der Waals surface area contributed by atoms with Gasteiger partial charge in [0.15, 0.2) is 0 Å². The SMILES string of the molecule is COc1ccc(F)cc1S(=O)(=O)N1CCC(C(=O)N[C@H](C)c2cccc(Br)c2)CC1. The first-order valence-electron chi connectivity index (χ1n) is 9.62. The van der Waals surface area contributed by atoms with Gasteiger partial charge in [-0.15, -0.1) is 0 Å². The van der Waals surface area contributed by atoms with Crippen molar-refractivity contribution in [3.63, 3.8) is 0 Å². The van der Waals surface area contributed by atoms with Crippen molar-refractivity contribution in [1.82, 2.24) is 9.62 Å². The average Bonchev–Trinajstić information content (AvgIpc) is 2.73. The number of carbonyl (C=O) groups is 1. The van der Waals surface area contributed by atoms with Gasteiger partial charge >= 0.3 is 0 Å². The van der Waals surface area contributed by atoms with Gasteiger partial charge in [-0.05, 0) is 55.7 Å². The molecular formula is C21H24BrFN2O4S. The number of amides is 1. The highest BCUT2D eigenvalue weighted by molar-refractivity contribution is 9.10. The summed E-state index contributed by atoms with van der Waals surface area (Å²) >= 11 is 3.42. The first-order chi connectivity index (χ1) is 14.2. The van der Waals surface area contributed by atoms with E-state index < -0.39 is 15.8 Å². The number of benzene rings is 2. The molecule has 0 aliphatic carbocycles. The molecule has 0 radical (unpaired) electrons. The predicted molar refractivity (Wildman–Crippen MR) is 115 cm³/mol. The lowest BCUT2D eigenvalue weighted by molar-refractivity contribution is -0.126. The summed E-state index contributed by atoms with van der Waals surface area (Å²) < 4.78 is 46.9. The number of methoxy groups -OCH3 is 1. The second kappa shape index (κ2) is 9.45. The van der Waals surface area contributed by atoms with Gasteiger partial charge in [-0.25, -0.2) is 12.8 Å². The Balaban J connectivity index is 1.64. The number of sulfonamides is 1. The van der Waals surface area contributed by atoms with Crippen molar-refractivity contribution < 1.29 is 22.3 Å². The summed E-state index contributed by atoms with van der Waals surface area (Å²) in [5.74, 6) is -0.924. The van der Waals surface area contributed by atoms with E-state index in [0.29, 0.717) is 12.8 Å². The molecule has 0 aromatic heterocycles. The Hall–Kier alpha value is -1.97. The maximum Gasteiger partial charge on any atom is 0.246 e. The van der Waals surface area contributed by atoms with Crippen LogP contribution in [0, 0.1) is 11.7 Å². The van der Waals surface area contributed by atoms with E-state index in [1.54, 1.807) is 0 Å². The van der Waals surface area contributed by atoms with Gasteiger partial charge < -0.3 is 10.1 Å².